The first-order valence-electron chi connectivity index (χ1n) is 5.37. The van der Waals surface area contributed by atoms with Crippen LogP contribution in [0.3, 0.4) is 0 Å². The van der Waals surface area contributed by atoms with E-state index in [1.807, 2.05) is 6.20 Å². The summed E-state index contributed by atoms with van der Waals surface area (Å²) in [5.41, 5.74) is 3.54. The van der Waals surface area contributed by atoms with Gasteiger partial charge in [0.05, 0.1) is 21.6 Å². The molecule has 0 atom stereocenters. The van der Waals surface area contributed by atoms with Gasteiger partial charge in [0.2, 0.25) is 0 Å². The summed E-state index contributed by atoms with van der Waals surface area (Å²) in [6.07, 6.45) is 2.95. The van der Waals surface area contributed by atoms with Crippen molar-refractivity contribution in [1.82, 2.24) is 14.5 Å². The number of nitrogens with zero attached hydrogens (tertiary/aromatic N) is 2. The Labute approximate surface area is 97.8 Å². The van der Waals surface area contributed by atoms with Gasteiger partial charge in [0, 0.05) is 13.2 Å². The molecule has 0 bridgehead atoms. The number of aromatic nitrogens is 3. The second-order valence-corrected chi connectivity index (χ2v) is 4.80. The molecule has 0 saturated carbocycles. The van der Waals surface area contributed by atoms with E-state index in [1.165, 1.54) is 10.2 Å². The first kappa shape index (κ1) is 9.66. The van der Waals surface area contributed by atoms with Crippen molar-refractivity contribution >= 4 is 21.6 Å². The summed E-state index contributed by atoms with van der Waals surface area (Å²) in [6.45, 7) is 2.11. The summed E-state index contributed by atoms with van der Waals surface area (Å²) < 4.78 is 3.50. The molecule has 0 aromatic carbocycles. The summed E-state index contributed by atoms with van der Waals surface area (Å²) in [5.74, 6) is 0.961. The lowest BCUT2D eigenvalue weighted by Gasteiger charge is -1.99. The highest BCUT2D eigenvalue weighted by atomic mass is 32.1. The Morgan fingerprint density at radius 1 is 1.50 bits per heavy atom. The molecule has 0 fully saturated rings. The van der Waals surface area contributed by atoms with E-state index in [-0.39, 0.29) is 0 Å². The van der Waals surface area contributed by atoms with Crippen molar-refractivity contribution < 1.29 is 0 Å². The van der Waals surface area contributed by atoms with Gasteiger partial charge in [-0.2, -0.15) is 0 Å². The summed E-state index contributed by atoms with van der Waals surface area (Å²) in [7, 11) is 2.08. The molecule has 3 rings (SSSR count). The number of hydrogen-bond acceptors (Lipinski definition) is 2. The molecular formula is C12H13N3S. The molecule has 1 N–H and O–H groups in total. The van der Waals surface area contributed by atoms with Gasteiger partial charge in [-0.05, 0) is 23.9 Å². The molecule has 3 aromatic rings. The number of thiophene rings is 1. The molecule has 0 aliphatic heterocycles. The highest BCUT2D eigenvalue weighted by Gasteiger charge is 2.11. The third kappa shape index (κ3) is 1.30. The molecule has 0 unspecified atom stereocenters. The molecule has 0 radical (unpaired) electrons. The van der Waals surface area contributed by atoms with Crippen LogP contribution in [0.2, 0.25) is 0 Å². The van der Waals surface area contributed by atoms with E-state index in [4.69, 9.17) is 0 Å². The van der Waals surface area contributed by atoms with E-state index in [9.17, 15) is 0 Å². The summed E-state index contributed by atoms with van der Waals surface area (Å²) >= 11 is 1.77. The van der Waals surface area contributed by atoms with Gasteiger partial charge in [-0.1, -0.05) is 6.92 Å². The molecule has 16 heavy (non-hydrogen) atoms. The molecular weight excluding hydrogens is 218 g/mol. The van der Waals surface area contributed by atoms with Crippen LogP contribution in [0, 0.1) is 0 Å². The minimum atomic E-state index is 0.961. The lowest BCUT2D eigenvalue weighted by atomic mass is 10.4. The normalized spacial score (nSPS) is 11.4. The van der Waals surface area contributed by atoms with Gasteiger partial charge in [-0.25, -0.2) is 4.98 Å². The molecule has 0 aliphatic carbocycles. The van der Waals surface area contributed by atoms with Crippen LogP contribution >= 0.6 is 11.3 Å². The van der Waals surface area contributed by atoms with Crippen LogP contribution in [-0.2, 0) is 13.5 Å². The average molecular weight is 231 g/mol. The summed E-state index contributed by atoms with van der Waals surface area (Å²) in [5, 5.41) is 2.12. The van der Waals surface area contributed by atoms with Crippen molar-refractivity contribution in [3.05, 3.63) is 29.4 Å². The van der Waals surface area contributed by atoms with Crippen LogP contribution in [0.25, 0.3) is 21.7 Å². The molecule has 82 valence electrons. The Morgan fingerprint density at radius 2 is 2.38 bits per heavy atom. The van der Waals surface area contributed by atoms with Crippen LogP contribution in [0.4, 0.5) is 0 Å². The van der Waals surface area contributed by atoms with E-state index >= 15 is 0 Å². The zero-order valence-electron chi connectivity index (χ0n) is 9.32. The predicted octanol–water partition coefficient (Wildman–Crippen LogP) is 3.19. The Hall–Kier alpha value is -1.55. The molecule has 0 spiro atoms. The number of nitrogens with one attached hydrogen (secondary N) is 1. The molecule has 3 nitrogen and oxygen atoms in total. The van der Waals surface area contributed by atoms with Gasteiger partial charge in [0.15, 0.2) is 5.82 Å². The first-order chi connectivity index (χ1) is 7.79. The molecule has 0 saturated heterocycles. The smallest absolute Gasteiger partial charge is 0.154 e. The van der Waals surface area contributed by atoms with Crippen molar-refractivity contribution in [3.8, 4) is 11.5 Å². The maximum absolute atomic E-state index is 4.56. The Balaban J connectivity index is 2.17. The number of aryl methyl sites for hydroxylation is 2. The molecule has 0 aliphatic rings. The van der Waals surface area contributed by atoms with Crippen LogP contribution in [0.15, 0.2) is 23.7 Å². The molecule has 0 amide bonds. The van der Waals surface area contributed by atoms with Gasteiger partial charge in [-0.3, -0.25) is 0 Å². The third-order valence-corrected chi connectivity index (χ3v) is 3.75. The van der Waals surface area contributed by atoms with Gasteiger partial charge < -0.3 is 9.55 Å². The Bertz CT molecular complexity index is 630. The third-order valence-electron chi connectivity index (χ3n) is 2.90. The van der Waals surface area contributed by atoms with Crippen molar-refractivity contribution in [3.63, 3.8) is 0 Å². The Morgan fingerprint density at radius 3 is 3.06 bits per heavy atom. The second-order valence-electron chi connectivity index (χ2n) is 3.85. The van der Waals surface area contributed by atoms with Crippen molar-refractivity contribution in [2.24, 2.45) is 7.05 Å². The van der Waals surface area contributed by atoms with Gasteiger partial charge in [-0.15, -0.1) is 11.3 Å². The van der Waals surface area contributed by atoms with Gasteiger partial charge >= 0.3 is 0 Å². The largest absolute Gasteiger partial charge is 0.343 e. The van der Waals surface area contributed by atoms with Crippen LogP contribution in [0.5, 0.6) is 0 Å². The molecule has 3 aromatic heterocycles. The van der Waals surface area contributed by atoms with E-state index in [0.29, 0.717) is 0 Å². The molecule has 4 heteroatoms. The zero-order chi connectivity index (χ0) is 11.1. The minimum absolute atomic E-state index is 0.961. The van der Waals surface area contributed by atoms with Crippen molar-refractivity contribution in [2.75, 3.05) is 0 Å². The summed E-state index contributed by atoms with van der Waals surface area (Å²) in [4.78, 5) is 7.80. The monoisotopic (exact) mass is 231 g/mol. The fourth-order valence-electron chi connectivity index (χ4n) is 1.95. The lowest BCUT2D eigenvalue weighted by Crippen LogP contribution is -1.92. The fourth-order valence-corrected chi connectivity index (χ4v) is 2.80. The van der Waals surface area contributed by atoms with E-state index < -0.39 is 0 Å². The SMILES string of the molecule is CCc1c[nH]c(-c2cc3sccc3n2C)n1. The van der Waals surface area contributed by atoms with Crippen LogP contribution in [0.1, 0.15) is 12.6 Å². The van der Waals surface area contributed by atoms with Crippen LogP contribution in [-0.4, -0.2) is 14.5 Å². The van der Waals surface area contributed by atoms with Crippen LogP contribution < -0.4 is 0 Å². The molecule has 3 heterocycles. The second kappa shape index (κ2) is 3.49. The summed E-state index contributed by atoms with van der Waals surface area (Å²) in [6, 6.07) is 4.34. The quantitative estimate of drug-likeness (QED) is 0.722. The van der Waals surface area contributed by atoms with E-state index in [2.05, 4.69) is 46.0 Å². The van der Waals surface area contributed by atoms with Gasteiger partial charge in [0.1, 0.15) is 0 Å². The Kier molecular flexibility index (Phi) is 2.11. The van der Waals surface area contributed by atoms with E-state index in [0.717, 1.165) is 23.6 Å². The first-order valence-corrected chi connectivity index (χ1v) is 6.25. The standard InChI is InChI=1S/C12H13N3S/c1-3-8-7-13-12(14-8)10-6-11-9(15(10)2)4-5-16-11/h4-7H,3H2,1-2H3,(H,13,14). The number of H-pyrrole nitrogens is 1. The topological polar surface area (TPSA) is 33.6 Å². The van der Waals surface area contributed by atoms with Crippen molar-refractivity contribution in [1.29, 1.82) is 0 Å². The zero-order valence-corrected chi connectivity index (χ0v) is 10.1. The maximum atomic E-state index is 4.56. The lowest BCUT2D eigenvalue weighted by molar-refractivity contribution is 0.962. The number of fused-ring (bicyclic) bond motifs is 1. The van der Waals surface area contributed by atoms with Gasteiger partial charge in [0.25, 0.3) is 0 Å². The fraction of sp³-hybridized carbons (Fsp3) is 0.250. The number of imidazole rings is 1. The predicted molar refractivity (Wildman–Crippen MR) is 67.8 cm³/mol. The maximum Gasteiger partial charge on any atom is 0.154 e. The van der Waals surface area contributed by atoms with Crippen molar-refractivity contribution in [2.45, 2.75) is 13.3 Å². The highest BCUT2D eigenvalue weighted by molar-refractivity contribution is 7.17. The number of aromatic amines is 1. The number of rotatable bonds is 2. The average Bonchev–Trinajstić information content (AvgIpc) is 2.96. The van der Waals surface area contributed by atoms with E-state index in [1.54, 1.807) is 11.3 Å². The number of hydrogen-bond donors (Lipinski definition) is 1. The minimum Gasteiger partial charge on any atom is -0.343 e. The highest BCUT2D eigenvalue weighted by Crippen LogP contribution is 2.28.